The minimum Gasteiger partial charge on any atom is -0.481 e. The molecule has 12 heavy (non-hydrogen) atoms. The van der Waals surface area contributed by atoms with Crippen molar-refractivity contribution in [2.75, 3.05) is 0 Å². The highest BCUT2D eigenvalue weighted by atomic mass is 35.5. The van der Waals surface area contributed by atoms with Gasteiger partial charge in [-0.25, -0.2) is 0 Å². The molecule has 0 spiro atoms. The number of carboxylic acid groups (broad SMARTS) is 1. The van der Waals surface area contributed by atoms with Crippen LogP contribution in [0.15, 0.2) is 0 Å². The van der Waals surface area contributed by atoms with Gasteiger partial charge in [0.1, 0.15) is 0 Å². The number of hydrogen-bond acceptors (Lipinski definition) is 5. The Bertz CT molecular complexity index is 159. The van der Waals surface area contributed by atoms with Gasteiger partial charge < -0.3 is 5.11 Å². The van der Waals surface area contributed by atoms with Gasteiger partial charge in [0, 0.05) is 6.92 Å². The molecular weight excluding hydrogens is 220 g/mol. The molecule has 0 amide bonds. The Morgan fingerprint density at radius 3 is 1.17 bits per heavy atom. The summed E-state index contributed by atoms with van der Waals surface area (Å²) in [4.78, 5) is 9.00. The van der Waals surface area contributed by atoms with Crippen LogP contribution < -0.4 is 0 Å². The summed E-state index contributed by atoms with van der Waals surface area (Å²) in [6, 6.07) is 0. The van der Waals surface area contributed by atoms with Crippen molar-refractivity contribution in [2.45, 2.75) is 6.92 Å². The van der Waals surface area contributed by atoms with Crippen molar-refractivity contribution in [1.29, 1.82) is 0 Å². The Morgan fingerprint density at radius 2 is 1.17 bits per heavy atom. The average Bonchev–Trinajstić information content (AvgIpc) is 1.63. The Morgan fingerprint density at radius 1 is 1.17 bits per heavy atom. The van der Waals surface area contributed by atoms with Crippen LogP contribution in [0.1, 0.15) is 6.92 Å². The first-order valence-electron chi connectivity index (χ1n) is 1.83. The second-order valence-corrected chi connectivity index (χ2v) is 1.86. The predicted octanol–water partition coefficient (Wildman–Crippen LogP) is -0.123. The van der Waals surface area contributed by atoms with Gasteiger partial charge in [-0.15, -0.1) is 12.4 Å². The zero-order valence-corrected chi connectivity index (χ0v) is 7.41. The highest BCUT2D eigenvalue weighted by molar-refractivity contribution is 7.79. The number of rotatable bonds is 0. The first-order chi connectivity index (χ1) is 4.73. The van der Waals surface area contributed by atoms with E-state index in [2.05, 4.69) is 0 Å². The molecule has 0 saturated carbocycles. The van der Waals surface area contributed by atoms with Gasteiger partial charge in [0.05, 0.1) is 0 Å². The molecule has 0 bridgehead atoms. The van der Waals surface area contributed by atoms with Crippen molar-refractivity contribution in [3.05, 3.63) is 0 Å². The van der Waals surface area contributed by atoms with Crippen LogP contribution >= 0.6 is 12.4 Å². The lowest BCUT2D eigenvalue weighted by atomic mass is 10.9. The van der Waals surface area contributed by atoms with E-state index in [4.69, 9.17) is 37.9 Å². The largest absolute Gasteiger partial charge is 0.481 e. The topological polar surface area (TPSA) is 152 Å². The highest BCUT2D eigenvalue weighted by Gasteiger charge is 1.84. The Kier molecular flexibility index (Phi) is 24.7. The van der Waals surface area contributed by atoms with E-state index in [0.717, 1.165) is 6.92 Å². The molecule has 0 saturated heterocycles. The quantitative estimate of drug-likeness (QED) is 0.218. The molecule has 0 rings (SSSR count). The maximum atomic E-state index is 9.00. The van der Waals surface area contributed by atoms with E-state index in [9.17, 15) is 0 Å². The third-order valence-corrected chi connectivity index (χ3v) is 0. The number of carbonyl (C=O) groups is 1. The fourth-order valence-electron chi connectivity index (χ4n) is 0. The summed E-state index contributed by atoms with van der Waals surface area (Å²) in [5.41, 5.74) is 0. The molecule has 0 aliphatic carbocycles. The minimum absolute atomic E-state index is 0. The fraction of sp³-hybridized carbons (Fsp3) is 0.500. The van der Waals surface area contributed by atoms with Crippen molar-refractivity contribution >= 4 is 28.8 Å². The first-order valence-corrected chi connectivity index (χ1v) is 3.22. The molecule has 0 fully saturated rings. The molecule has 0 atom stereocenters. The first kappa shape index (κ1) is 22.6. The standard InChI is InChI=1S/C2H4O2.ClH.H2O4S.H2O2/c1-2(3)4;;1-5(2,3)4;1-2/h1H3,(H,3,4);1H;(H2,1,2,3,4);1-2H. The van der Waals surface area contributed by atoms with Crippen molar-refractivity contribution in [3.63, 3.8) is 0 Å². The monoisotopic (exact) mass is 228 g/mol. The molecule has 0 unspecified atom stereocenters. The normalized spacial score (nSPS) is 7.42. The molecule has 0 radical (unpaired) electrons. The van der Waals surface area contributed by atoms with Crippen LogP contribution in [-0.2, 0) is 15.2 Å². The Hall–Kier alpha value is -0.450. The minimum atomic E-state index is -4.67. The smallest absolute Gasteiger partial charge is 0.394 e. The highest BCUT2D eigenvalue weighted by Crippen LogP contribution is 1.59. The van der Waals surface area contributed by atoms with E-state index in [1.165, 1.54) is 0 Å². The van der Waals surface area contributed by atoms with Gasteiger partial charge in [-0.1, -0.05) is 0 Å². The van der Waals surface area contributed by atoms with E-state index in [0.29, 0.717) is 0 Å². The van der Waals surface area contributed by atoms with Crippen LogP contribution in [0, 0.1) is 0 Å². The second-order valence-electron chi connectivity index (χ2n) is 0.967. The summed E-state index contributed by atoms with van der Waals surface area (Å²) in [6.45, 7) is 1.08. The molecule has 0 heterocycles. The molecular formula is C2H9ClO8S. The number of carboxylic acids is 1. The number of aliphatic carboxylic acids is 1. The molecule has 8 nitrogen and oxygen atoms in total. The summed E-state index contributed by atoms with van der Waals surface area (Å²) < 4.78 is 31.6. The third kappa shape index (κ3) is 3450. The van der Waals surface area contributed by atoms with Gasteiger partial charge in [0.25, 0.3) is 5.97 Å². The van der Waals surface area contributed by atoms with Gasteiger partial charge in [-0.3, -0.25) is 24.4 Å². The molecule has 5 N–H and O–H groups in total. The van der Waals surface area contributed by atoms with E-state index in [1.54, 1.807) is 0 Å². The van der Waals surface area contributed by atoms with Crippen molar-refractivity contribution in [3.8, 4) is 0 Å². The van der Waals surface area contributed by atoms with Gasteiger partial charge in [-0.05, 0) is 0 Å². The van der Waals surface area contributed by atoms with E-state index in [-0.39, 0.29) is 12.4 Å². The fourth-order valence-corrected chi connectivity index (χ4v) is 0. The van der Waals surface area contributed by atoms with Crippen molar-refractivity contribution < 1.29 is 37.9 Å². The molecule has 0 aliphatic rings. The number of hydrogen-bond donors (Lipinski definition) is 5. The van der Waals surface area contributed by atoms with Crippen LogP contribution in [0.2, 0.25) is 0 Å². The van der Waals surface area contributed by atoms with Crippen molar-refractivity contribution in [2.24, 2.45) is 0 Å². The molecule has 0 aromatic carbocycles. The van der Waals surface area contributed by atoms with Gasteiger partial charge in [0.2, 0.25) is 0 Å². The van der Waals surface area contributed by atoms with E-state index < -0.39 is 16.4 Å². The zero-order chi connectivity index (χ0) is 10.1. The van der Waals surface area contributed by atoms with E-state index >= 15 is 0 Å². The Labute approximate surface area is 74.4 Å². The summed E-state index contributed by atoms with van der Waals surface area (Å²) >= 11 is 0. The van der Waals surface area contributed by atoms with Crippen LogP contribution in [0.4, 0.5) is 0 Å². The molecule has 78 valence electrons. The van der Waals surface area contributed by atoms with Crippen molar-refractivity contribution in [1.82, 2.24) is 0 Å². The second kappa shape index (κ2) is 13.2. The summed E-state index contributed by atoms with van der Waals surface area (Å²) in [5.74, 6) is -0.833. The maximum absolute atomic E-state index is 9.00. The van der Waals surface area contributed by atoms with Gasteiger partial charge >= 0.3 is 10.4 Å². The SMILES string of the molecule is CC(=O)O.Cl.O=S(=O)(O)O.OO. The van der Waals surface area contributed by atoms with Crippen LogP contribution in [0.25, 0.3) is 0 Å². The molecule has 0 aromatic rings. The summed E-state index contributed by atoms with van der Waals surface area (Å²) in [5, 5.41) is 19.4. The number of halogens is 1. The lowest BCUT2D eigenvalue weighted by Gasteiger charge is -1.68. The van der Waals surface area contributed by atoms with E-state index in [1.807, 2.05) is 0 Å². The summed E-state index contributed by atoms with van der Waals surface area (Å²) in [7, 11) is -4.67. The predicted molar refractivity (Wildman–Crippen MR) is 40.0 cm³/mol. The molecule has 0 aromatic heterocycles. The third-order valence-electron chi connectivity index (χ3n) is 0. The van der Waals surface area contributed by atoms with Crippen LogP contribution in [0.3, 0.4) is 0 Å². The lowest BCUT2D eigenvalue weighted by Crippen LogP contribution is -1.89. The molecule has 0 aliphatic heterocycles. The average molecular weight is 229 g/mol. The van der Waals surface area contributed by atoms with Crippen LogP contribution in [0.5, 0.6) is 0 Å². The van der Waals surface area contributed by atoms with Crippen LogP contribution in [-0.4, -0.2) is 39.1 Å². The summed E-state index contributed by atoms with van der Waals surface area (Å²) in [6.07, 6.45) is 0. The molecule has 10 heteroatoms. The zero-order valence-electron chi connectivity index (χ0n) is 5.78. The van der Waals surface area contributed by atoms with Gasteiger partial charge in [0.15, 0.2) is 0 Å². The lowest BCUT2D eigenvalue weighted by molar-refractivity contribution is -0.176. The van der Waals surface area contributed by atoms with Gasteiger partial charge in [-0.2, -0.15) is 8.42 Å². The maximum Gasteiger partial charge on any atom is 0.394 e. The Balaban J connectivity index is -0.0000000419.